The summed E-state index contributed by atoms with van der Waals surface area (Å²) in [6.45, 7) is 1.98. The molecule has 1 saturated heterocycles. The van der Waals surface area contributed by atoms with Crippen molar-refractivity contribution in [1.82, 2.24) is 5.32 Å². The van der Waals surface area contributed by atoms with Gasteiger partial charge >= 0.3 is 0 Å². The van der Waals surface area contributed by atoms with Gasteiger partial charge in [0.25, 0.3) is 0 Å². The molecule has 1 heterocycles. The second-order valence-corrected chi connectivity index (χ2v) is 5.39. The topological polar surface area (TPSA) is 50.7 Å². The highest BCUT2D eigenvalue weighted by Gasteiger charge is 2.35. The van der Waals surface area contributed by atoms with E-state index in [9.17, 15) is 5.11 Å². The van der Waals surface area contributed by atoms with Crippen LogP contribution >= 0.6 is 0 Å². The van der Waals surface area contributed by atoms with E-state index in [0.29, 0.717) is 12.2 Å². The first-order chi connectivity index (χ1) is 8.28. The maximum Gasteiger partial charge on any atom is 0.0700 e. The Bertz CT molecular complexity index is 221. The van der Waals surface area contributed by atoms with Crippen molar-refractivity contribution in [3.05, 3.63) is 0 Å². The highest BCUT2D eigenvalue weighted by Crippen LogP contribution is 2.29. The Labute approximate surface area is 104 Å². The highest BCUT2D eigenvalue weighted by atomic mass is 16.5. The third-order valence-electron chi connectivity index (χ3n) is 4.25. The van der Waals surface area contributed by atoms with Crippen LogP contribution in [0.15, 0.2) is 0 Å². The maximum absolute atomic E-state index is 9.63. The Morgan fingerprint density at radius 2 is 2.12 bits per heavy atom. The summed E-state index contributed by atoms with van der Waals surface area (Å²) < 4.78 is 11.0. The van der Waals surface area contributed by atoms with Gasteiger partial charge in [0.15, 0.2) is 0 Å². The quantitative estimate of drug-likeness (QED) is 0.758. The van der Waals surface area contributed by atoms with E-state index in [0.717, 1.165) is 45.3 Å². The number of ether oxygens (including phenoxy) is 2. The van der Waals surface area contributed by atoms with Crippen LogP contribution in [0.25, 0.3) is 0 Å². The van der Waals surface area contributed by atoms with Crippen LogP contribution in [0.4, 0.5) is 0 Å². The van der Waals surface area contributed by atoms with Gasteiger partial charge in [0, 0.05) is 25.8 Å². The number of hydrogen-bond acceptors (Lipinski definition) is 4. The molecule has 0 aromatic heterocycles. The van der Waals surface area contributed by atoms with E-state index >= 15 is 0 Å². The Balaban J connectivity index is 1.78. The normalized spacial score (nSPS) is 38.5. The summed E-state index contributed by atoms with van der Waals surface area (Å²) in [6, 6.07) is 0. The molecule has 100 valence electrons. The second kappa shape index (κ2) is 6.14. The lowest BCUT2D eigenvalue weighted by atomic mass is 9.80. The van der Waals surface area contributed by atoms with Crippen molar-refractivity contribution in [2.75, 3.05) is 26.9 Å². The standard InChI is InChI=1S/C13H25NO3/c1-16-11-4-6-13(10-15,7-5-11)14-9-12-3-2-8-17-12/h11-12,14-15H,2-10H2,1H3. The highest BCUT2D eigenvalue weighted by molar-refractivity contribution is 4.93. The fourth-order valence-electron chi connectivity index (χ4n) is 2.91. The minimum atomic E-state index is -0.0962. The predicted octanol–water partition coefficient (Wildman–Crippen LogP) is 1.08. The molecule has 0 amide bonds. The SMILES string of the molecule is COC1CCC(CO)(NCC2CCCO2)CC1. The average molecular weight is 243 g/mol. The van der Waals surface area contributed by atoms with Crippen LogP contribution in [0.1, 0.15) is 38.5 Å². The Morgan fingerprint density at radius 1 is 1.35 bits per heavy atom. The minimum Gasteiger partial charge on any atom is -0.394 e. The van der Waals surface area contributed by atoms with Gasteiger partial charge in [0.1, 0.15) is 0 Å². The van der Waals surface area contributed by atoms with Crippen molar-refractivity contribution < 1.29 is 14.6 Å². The van der Waals surface area contributed by atoms with Crippen molar-refractivity contribution in [2.45, 2.75) is 56.3 Å². The largest absolute Gasteiger partial charge is 0.394 e. The van der Waals surface area contributed by atoms with Crippen LogP contribution in [0.5, 0.6) is 0 Å². The average Bonchev–Trinajstić information content (AvgIpc) is 2.90. The van der Waals surface area contributed by atoms with Gasteiger partial charge < -0.3 is 19.9 Å². The molecule has 1 aliphatic heterocycles. The molecule has 2 fully saturated rings. The van der Waals surface area contributed by atoms with Crippen molar-refractivity contribution in [1.29, 1.82) is 0 Å². The summed E-state index contributed by atoms with van der Waals surface area (Å²) in [7, 11) is 1.77. The number of methoxy groups -OCH3 is 1. The predicted molar refractivity (Wildman–Crippen MR) is 66.1 cm³/mol. The smallest absolute Gasteiger partial charge is 0.0700 e. The Kier molecular flexibility index (Phi) is 4.79. The zero-order chi connectivity index (χ0) is 12.1. The Morgan fingerprint density at radius 3 is 2.65 bits per heavy atom. The van der Waals surface area contributed by atoms with Crippen LogP contribution in [-0.2, 0) is 9.47 Å². The van der Waals surface area contributed by atoms with Crippen LogP contribution < -0.4 is 5.32 Å². The lowest BCUT2D eigenvalue weighted by molar-refractivity contribution is 0.0163. The third kappa shape index (κ3) is 3.41. The van der Waals surface area contributed by atoms with E-state index in [-0.39, 0.29) is 12.1 Å². The van der Waals surface area contributed by atoms with E-state index in [1.54, 1.807) is 7.11 Å². The first kappa shape index (κ1) is 13.3. The lowest BCUT2D eigenvalue weighted by Crippen LogP contribution is -2.53. The Hall–Kier alpha value is -0.160. The van der Waals surface area contributed by atoms with E-state index in [1.165, 1.54) is 6.42 Å². The monoisotopic (exact) mass is 243 g/mol. The molecule has 2 rings (SSSR count). The minimum absolute atomic E-state index is 0.0962. The fraction of sp³-hybridized carbons (Fsp3) is 1.00. The summed E-state index contributed by atoms with van der Waals surface area (Å²) in [5.41, 5.74) is -0.0962. The molecule has 1 unspecified atom stereocenters. The number of nitrogens with one attached hydrogen (secondary N) is 1. The molecule has 4 nitrogen and oxygen atoms in total. The molecule has 1 atom stereocenters. The van der Waals surface area contributed by atoms with E-state index < -0.39 is 0 Å². The number of aliphatic hydroxyl groups is 1. The van der Waals surface area contributed by atoms with Gasteiger partial charge in [-0.1, -0.05) is 0 Å². The van der Waals surface area contributed by atoms with Crippen LogP contribution in [-0.4, -0.2) is 49.7 Å². The van der Waals surface area contributed by atoms with E-state index in [1.807, 2.05) is 0 Å². The van der Waals surface area contributed by atoms with Gasteiger partial charge in [0.05, 0.1) is 18.8 Å². The summed E-state index contributed by atoms with van der Waals surface area (Å²) in [5.74, 6) is 0. The molecule has 0 aromatic carbocycles. The van der Waals surface area contributed by atoms with E-state index in [2.05, 4.69) is 5.32 Å². The molecule has 0 aromatic rings. The van der Waals surface area contributed by atoms with Gasteiger partial charge in [-0.05, 0) is 38.5 Å². The third-order valence-corrected chi connectivity index (χ3v) is 4.25. The molecule has 2 aliphatic rings. The molecular weight excluding hydrogens is 218 g/mol. The van der Waals surface area contributed by atoms with E-state index in [4.69, 9.17) is 9.47 Å². The van der Waals surface area contributed by atoms with Crippen LogP contribution in [0.2, 0.25) is 0 Å². The van der Waals surface area contributed by atoms with Crippen molar-refractivity contribution in [3.63, 3.8) is 0 Å². The first-order valence-electron chi connectivity index (χ1n) is 6.78. The van der Waals surface area contributed by atoms with Gasteiger partial charge in [-0.2, -0.15) is 0 Å². The maximum atomic E-state index is 9.63. The number of aliphatic hydroxyl groups excluding tert-OH is 1. The molecule has 1 saturated carbocycles. The number of rotatable bonds is 5. The summed E-state index contributed by atoms with van der Waals surface area (Å²) in [4.78, 5) is 0. The van der Waals surface area contributed by atoms with Crippen LogP contribution in [0.3, 0.4) is 0 Å². The molecule has 0 radical (unpaired) electrons. The number of hydrogen-bond donors (Lipinski definition) is 2. The zero-order valence-corrected chi connectivity index (χ0v) is 10.8. The van der Waals surface area contributed by atoms with Gasteiger partial charge in [-0.25, -0.2) is 0 Å². The van der Waals surface area contributed by atoms with Gasteiger partial charge in [0.2, 0.25) is 0 Å². The van der Waals surface area contributed by atoms with Crippen molar-refractivity contribution >= 4 is 0 Å². The molecule has 2 N–H and O–H groups in total. The molecule has 0 spiro atoms. The van der Waals surface area contributed by atoms with Crippen LogP contribution in [0, 0.1) is 0 Å². The van der Waals surface area contributed by atoms with Crippen molar-refractivity contribution in [2.24, 2.45) is 0 Å². The molecule has 17 heavy (non-hydrogen) atoms. The first-order valence-corrected chi connectivity index (χ1v) is 6.78. The summed E-state index contributed by atoms with van der Waals surface area (Å²) in [5, 5.41) is 13.2. The molecule has 1 aliphatic carbocycles. The molecular formula is C13H25NO3. The lowest BCUT2D eigenvalue weighted by Gasteiger charge is -2.40. The molecule has 4 heteroatoms. The summed E-state index contributed by atoms with van der Waals surface area (Å²) >= 11 is 0. The summed E-state index contributed by atoms with van der Waals surface area (Å²) in [6.07, 6.45) is 7.10. The fourth-order valence-corrected chi connectivity index (χ4v) is 2.91. The van der Waals surface area contributed by atoms with Crippen molar-refractivity contribution in [3.8, 4) is 0 Å². The zero-order valence-electron chi connectivity index (χ0n) is 10.8. The van der Waals surface area contributed by atoms with Gasteiger partial charge in [-0.3, -0.25) is 0 Å². The van der Waals surface area contributed by atoms with Gasteiger partial charge in [-0.15, -0.1) is 0 Å². The molecule has 0 bridgehead atoms. The second-order valence-electron chi connectivity index (χ2n) is 5.39.